The molecule has 0 aromatic rings. The van der Waals surface area contributed by atoms with Crippen molar-refractivity contribution in [3.05, 3.63) is 0 Å². The summed E-state index contributed by atoms with van der Waals surface area (Å²) >= 11 is 0. The molecule has 0 aliphatic heterocycles. The minimum absolute atomic E-state index is 0.125. The first kappa shape index (κ1) is 26.8. The molecule has 0 saturated carbocycles. The SMILES string of the molecule is CCC(C)C(N)C(=O)NCC(=O)NC(CC(N)=O)C(=O)NC(CCC(=O)O)C(=O)O. The lowest BCUT2D eigenvalue weighted by Gasteiger charge is -2.21. The van der Waals surface area contributed by atoms with Crippen LogP contribution < -0.4 is 27.4 Å². The molecule has 0 aromatic heterocycles. The van der Waals surface area contributed by atoms with E-state index in [1.165, 1.54) is 0 Å². The van der Waals surface area contributed by atoms with Crippen LogP contribution in [0.3, 0.4) is 0 Å². The van der Waals surface area contributed by atoms with Crippen molar-refractivity contribution >= 4 is 35.6 Å². The van der Waals surface area contributed by atoms with Gasteiger partial charge in [0.15, 0.2) is 0 Å². The molecule has 0 heterocycles. The Kier molecular flexibility index (Phi) is 11.7. The molecule has 0 fully saturated rings. The van der Waals surface area contributed by atoms with Crippen LogP contribution in [0.5, 0.6) is 0 Å². The van der Waals surface area contributed by atoms with Gasteiger partial charge in [-0.15, -0.1) is 0 Å². The van der Waals surface area contributed by atoms with Crippen LogP contribution in [0.15, 0.2) is 0 Å². The third-order valence-electron chi connectivity index (χ3n) is 4.30. The highest BCUT2D eigenvalue weighted by atomic mass is 16.4. The fraction of sp³-hybridized carbons (Fsp3) is 0.647. The third-order valence-corrected chi connectivity index (χ3v) is 4.30. The molecule has 0 aliphatic carbocycles. The van der Waals surface area contributed by atoms with E-state index in [-0.39, 0.29) is 5.92 Å². The van der Waals surface area contributed by atoms with E-state index in [9.17, 15) is 28.8 Å². The van der Waals surface area contributed by atoms with Crippen molar-refractivity contribution in [2.75, 3.05) is 6.54 Å². The fourth-order valence-corrected chi connectivity index (χ4v) is 2.25. The molecule has 0 rings (SSSR count). The highest BCUT2D eigenvalue weighted by Gasteiger charge is 2.28. The van der Waals surface area contributed by atoms with Gasteiger partial charge in [0.05, 0.1) is 19.0 Å². The number of carboxylic acids is 2. The molecule has 170 valence electrons. The van der Waals surface area contributed by atoms with Gasteiger partial charge in [-0.2, -0.15) is 0 Å². The Balaban J connectivity index is 4.97. The zero-order chi connectivity index (χ0) is 23.4. The van der Waals surface area contributed by atoms with Crippen LogP contribution in [-0.2, 0) is 28.8 Å². The van der Waals surface area contributed by atoms with E-state index >= 15 is 0 Å². The summed E-state index contributed by atoms with van der Waals surface area (Å²) in [6.07, 6.45) is -0.915. The van der Waals surface area contributed by atoms with Gasteiger partial charge in [0.1, 0.15) is 12.1 Å². The number of aliphatic carboxylic acids is 2. The van der Waals surface area contributed by atoms with Crippen molar-refractivity contribution < 1.29 is 39.0 Å². The minimum Gasteiger partial charge on any atom is -0.481 e. The molecular weight excluding hydrogens is 402 g/mol. The molecule has 9 N–H and O–H groups in total. The van der Waals surface area contributed by atoms with E-state index in [1.54, 1.807) is 6.92 Å². The monoisotopic (exact) mass is 431 g/mol. The highest BCUT2D eigenvalue weighted by Crippen LogP contribution is 2.05. The molecule has 4 atom stereocenters. The van der Waals surface area contributed by atoms with Gasteiger partial charge in [-0.25, -0.2) is 4.79 Å². The first-order valence-electron chi connectivity index (χ1n) is 9.24. The number of rotatable bonds is 14. The average Bonchev–Trinajstić information content (AvgIpc) is 2.66. The summed E-state index contributed by atoms with van der Waals surface area (Å²) in [6.45, 7) is 3.08. The second kappa shape index (κ2) is 13.1. The summed E-state index contributed by atoms with van der Waals surface area (Å²) in [7, 11) is 0. The maximum Gasteiger partial charge on any atom is 0.326 e. The maximum atomic E-state index is 12.3. The number of primary amides is 1. The minimum atomic E-state index is -1.55. The summed E-state index contributed by atoms with van der Waals surface area (Å²) in [5.41, 5.74) is 10.8. The van der Waals surface area contributed by atoms with Gasteiger partial charge in [-0.05, 0) is 12.3 Å². The molecule has 4 unspecified atom stereocenters. The molecule has 0 radical (unpaired) electrons. The summed E-state index contributed by atoms with van der Waals surface area (Å²) in [5.74, 6) is -6.27. The Labute approximate surface area is 172 Å². The van der Waals surface area contributed by atoms with Gasteiger partial charge in [0.25, 0.3) is 0 Å². The fourth-order valence-electron chi connectivity index (χ4n) is 2.25. The first-order chi connectivity index (χ1) is 13.9. The standard InChI is InChI=1S/C17H29N5O8/c1-3-8(2)14(19)16(28)20-7-12(24)21-10(6-11(18)23)15(27)22-9(17(29)30)4-5-13(25)26/h8-10,14H,3-7,19H2,1-2H3,(H2,18,23)(H,20,28)(H,21,24)(H,22,27)(H,25,26)(H,29,30). The largest absolute Gasteiger partial charge is 0.481 e. The van der Waals surface area contributed by atoms with E-state index in [2.05, 4.69) is 16.0 Å². The lowest BCUT2D eigenvalue weighted by molar-refractivity contribution is -0.143. The van der Waals surface area contributed by atoms with Gasteiger partial charge in [0.2, 0.25) is 23.6 Å². The molecule has 30 heavy (non-hydrogen) atoms. The van der Waals surface area contributed by atoms with Crippen molar-refractivity contribution in [2.24, 2.45) is 17.4 Å². The third kappa shape index (κ3) is 10.4. The van der Waals surface area contributed by atoms with E-state index in [1.807, 2.05) is 6.92 Å². The zero-order valence-corrected chi connectivity index (χ0v) is 16.8. The van der Waals surface area contributed by atoms with Crippen molar-refractivity contribution in [2.45, 2.75) is 57.7 Å². The van der Waals surface area contributed by atoms with Crippen LogP contribution in [-0.4, -0.2) is 70.5 Å². The first-order valence-corrected chi connectivity index (χ1v) is 9.24. The van der Waals surface area contributed by atoms with Gasteiger partial charge in [-0.1, -0.05) is 20.3 Å². The predicted octanol–water partition coefficient (Wildman–Crippen LogP) is -2.73. The summed E-state index contributed by atoms with van der Waals surface area (Å²) < 4.78 is 0. The van der Waals surface area contributed by atoms with Crippen molar-refractivity contribution in [3.8, 4) is 0 Å². The Morgan fingerprint density at radius 3 is 2.03 bits per heavy atom. The predicted molar refractivity (Wildman–Crippen MR) is 103 cm³/mol. The Bertz CT molecular complexity index is 669. The number of nitrogens with one attached hydrogen (secondary N) is 3. The van der Waals surface area contributed by atoms with Gasteiger partial charge < -0.3 is 37.6 Å². The smallest absolute Gasteiger partial charge is 0.326 e. The lowest BCUT2D eigenvalue weighted by atomic mass is 9.99. The van der Waals surface area contributed by atoms with Crippen molar-refractivity contribution in [1.82, 2.24) is 16.0 Å². The van der Waals surface area contributed by atoms with Crippen molar-refractivity contribution in [1.29, 1.82) is 0 Å². The summed E-state index contributed by atoms with van der Waals surface area (Å²) in [6, 6.07) is -3.89. The second-order valence-electron chi connectivity index (χ2n) is 6.75. The number of carbonyl (C=O) groups excluding carboxylic acids is 4. The van der Waals surface area contributed by atoms with Crippen LogP contribution in [0.4, 0.5) is 0 Å². The number of hydrogen-bond donors (Lipinski definition) is 7. The number of carbonyl (C=O) groups is 6. The van der Waals surface area contributed by atoms with Crippen LogP contribution in [0, 0.1) is 5.92 Å². The van der Waals surface area contributed by atoms with Crippen LogP contribution in [0.2, 0.25) is 0 Å². The van der Waals surface area contributed by atoms with E-state index in [0.717, 1.165) is 0 Å². The molecule has 0 bridgehead atoms. The average molecular weight is 431 g/mol. The Morgan fingerprint density at radius 1 is 0.967 bits per heavy atom. The summed E-state index contributed by atoms with van der Waals surface area (Å²) in [5, 5.41) is 24.3. The maximum absolute atomic E-state index is 12.3. The van der Waals surface area contributed by atoms with Crippen LogP contribution in [0.1, 0.15) is 39.5 Å². The molecule has 13 nitrogen and oxygen atoms in total. The van der Waals surface area contributed by atoms with Crippen molar-refractivity contribution in [3.63, 3.8) is 0 Å². The quantitative estimate of drug-likeness (QED) is 0.151. The van der Waals surface area contributed by atoms with Gasteiger partial charge in [-0.3, -0.25) is 24.0 Å². The van der Waals surface area contributed by atoms with E-state index < -0.39 is 79.5 Å². The summed E-state index contributed by atoms with van der Waals surface area (Å²) in [4.78, 5) is 69.3. The molecule has 0 spiro atoms. The van der Waals surface area contributed by atoms with Crippen LogP contribution >= 0.6 is 0 Å². The number of carboxylic acid groups (broad SMARTS) is 2. The normalized spacial score (nSPS) is 14.5. The number of amides is 4. The zero-order valence-electron chi connectivity index (χ0n) is 16.8. The van der Waals surface area contributed by atoms with Gasteiger partial charge in [0, 0.05) is 6.42 Å². The molecule has 4 amide bonds. The molecular formula is C17H29N5O8. The second-order valence-corrected chi connectivity index (χ2v) is 6.75. The topological polar surface area (TPSA) is 231 Å². The van der Waals surface area contributed by atoms with E-state index in [0.29, 0.717) is 6.42 Å². The number of nitrogens with two attached hydrogens (primary N) is 2. The molecule has 0 saturated heterocycles. The highest BCUT2D eigenvalue weighted by molar-refractivity contribution is 5.95. The molecule has 0 aromatic carbocycles. The molecule has 0 aliphatic rings. The molecule has 13 heteroatoms. The Morgan fingerprint density at radius 2 is 1.57 bits per heavy atom. The number of hydrogen-bond acceptors (Lipinski definition) is 7. The Hall–Kier alpha value is -3.22. The van der Waals surface area contributed by atoms with E-state index in [4.69, 9.17) is 21.7 Å². The van der Waals surface area contributed by atoms with Gasteiger partial charge >= 0.3 is 11.9 Å². The van der Waals surface area contributed by atoms with Crippen LogP contribution in [0.25, 0.3) is 0 Å². The lowest BCUT2D eigenvalue weighted by Crippen LogP contribution is -2.55.